The molecule has 0 heterocycles. The fraction of sp³-hybridized carbons (Fsp3) is 0.333. The van der Waals surface area contributed by atoms with Crippen LogP contribution in [0.1, 0.15) is 6.92 Å². The summed E-state index contributed by atoms with van der Waals surface area (Å²) >= 11 is 0. The van der Waals surface area contributed by atoms with Gasteiger partial charge in [-0.15, -0.1) is 5.57 Å². The number of carbonyl (C=O) groups excluding carboxylic acids is 1. The van der Waals surface area contributed by atoms with Crippen LogP contribution in [-0.2, 0) is 4.79 Å². The number of carbonyl (C=O) groups is 1. The van der Waals surface area contributed by atoms with Crippen molar-refractivity contribution in [2.45, 2.75) is 6.92 Å². The van der Waals surface area contributed by atoms with E-state index in [1.54, 1.807) is 0 Å². The van der Waals surface area contributed by atoms with Gasteiger partial charge in [0.1, 0.15) is 5.91 Å². The molecule has 1 N–H and O–H groups in total. The SMILES string of the molecule is C=C([CH2-])C(=O)NCC.[K+]. The average Bonchev–Trinajstić information content (AvgIpc) is 1.67. The maximum atomic E-state index is 10.5. The molecule has 0 aliphatic carbocycles. The topological polar surface area (TPSA) is 29.1 Å². The Hall–Kier alpha value is 0.716. The van der Waals surface area contributed by atoms with E-state index in [-0.39, 0.29) is 57.3 Å². The monoisotopic (exact) mass is 151 g/mol. The molecule has 2 nitrogen and oxygen atoms in total. The predicted octanol–water partition coefficient (Wildman–Crippen LogP) is -2.48. The summed E-state index contributed by atoms with van der Waals surface area (Å²) in [6.07, 6.45) is 0. The molecule has 0 atom stereocenters. The van der Waals surface area contributed by atoms with Crippen LogP contribution in [0.4, 0.5) is 0 Å². The van der Waals surface area contributed by atoms with E-state index in [0.717, 1.165) is 0 Å². The molecule has 9 heavy (non-hydrogen) atoms. The maximum Gasteiger partial charge on any atom is 1.00 e. The third-order valence-corrected chi connectivity index (χ3v) is 0.658. The van der Waals surface area contributed by atoms with Gasteiger partial charge in [-0.2, -0.15) is 13.5 Å². The third kappa shape index (κ3) is 6.60. The number of hydrogen-bond acceptors (Lipinski definition) is 1. The Morgan fingerprint density at radius 1 is 1.78 bits per heavy atom. The third-order valence-electron chi connectivity index (χ3n) is 0.658. The van der Waals surface area contributed by atoms with E-state index in [0.29, 0.717) is 12.1 Å². The normalized spacial score (nSPS) is 7.22. The van der Waals surface area contributed by atoms with Crippen LogP contribution in [0.3, 0.4) is 0 Å². The molecule has 0 saturated carbocycles. The van der Waals surface area contributed by atoms with Crippen molar-refractivity contribution in [3.8, 4) is 0 Å². The second kappa shape index (κ2) is 6.83. The number of rotatable bonds is 2. The Morgan fingerprint density at radius 3 is 2.33 bits per heavy atom. The Bertz CT molecular complexity index is 112. The first-order chi connectivity index (χ1) is 3.68. The van der Waals surface area contributed by atoms with Crippen LogP contribution in [-0.4, -0.2) is 12.5 Å². The zero-order valence-corrected chi connectivity index (χ0v) is 9.15. The number of amides is 1. The summed E-state index contributed by atoms with van der Waals surface area (Å²) in [7, 11) is 0. The Labute approximate surface area is 98.5 Å². The number of hydrogen-bond donors (Lipinski definition) is 1. The first-order valence-corrected chi connectivity index (χ1v) is 2.47. The van der Waals surface area contributed by atoms with Gasteiger partial charge < -0.3 is 10.1 Å². The predicted molar refractivity (Wildman–Crippen MR) is 33.2 cm³/mol. The van der Waals surface area contributed by atoms with E-state index in [9.17, 15) is 4.79 Å². The van der Waals surface area contributed by atoms with Gasteiger partial charge in [-0.3, -0.25) is 0 Å². The van der Waals surface area contributed by atoms with Gasteiger partial charge in [0, 0.05) is 6.54 Å². The second-order valence-corrected chi connectivity index (χ2v) is 1.46. The minimum Gasteiger partial charge on any atom is -0.405 e. The summed E-state index contributed by atoms with van der Waals surface area (Å²) in [6.45, 7) is 9.18. The Morgan fingerprint density at radius 2 is 2.22 bits per heavy atom. The molecular weight excluding hydrogens is 141 g/mol. The summed E-state index contributed by atoms with van der Waals surface area (Å²) in [4.78, 5) is 10.5. The van der Waals surface area contributed by atoms with Crippen molar-refractivity contribution in [2.75, 3.05) is 6.54 Å². The molecule has 3 heteroatoms. The minimum atomic E-state index is -0.174. The van der Waals surface area contributed by atoms with Crippen molar-refractivity contribution in [1.82, 2.24) is 5.32 Å². The van der Waals surface area contributed by atoms with E-state index in [4.69, 9.17) is 0 Å². The van der Waals surface area contributed by atoms with Crippen LogP contribution in [0.2, 0.25) is 0 Å². The van der Waals surface area contributed by atoms with Crippen molar-refractivity contribution >= 4 is 5.91 Å². The van der Waals surface area contributed by atoms with Crippen LogP contribution >= 0.6 is 0 Å². The van der Waals surface area contributed by atoms with Gasteiger partial charge in [0.15, 0.2) is 0 Å². The molecule has 0 saturated heterocycles. The van der Waals surface area contributed by atoms with Gasteiger partial charge in [-0.05, 0) is 6.92 Å². The molecule has 0 aliphatic heterocycles. The zero-order chi connectivity index (χ0) is 6.57. The summed E-state index contributed by atoms with van der Waals surface area (Å²) < 4.78 is 0. The molecular formula is C6H10KNO. The first kappa shape index (κ1) is 12.4. The van der Waals surface area contributed by atoms with Crippen LogP contribution in [0.5, 0.6) is 0 Å². The average molecular weight is 151 g/mol. The fourth-order valence-electron chi connectivity index (χ4n) is 0.286. The fourth-order valence-corrected chi connectivity index (χ4v) is 0.286. The van der Waals surface area contributed by atoms with E-state index in [1.165, 1.54) is 0 Å². The first-order valence-electron chi connectivity index (χ1n) is 2.47. The summed E-state index contributed by atoms with van der Waals surface area (Å²) in [6, 6.07) is 0. The molecule has 0 aromatic rings. The van der Waals surface area contributed by atoms with Crippen LogP contribution in [0.25, 0.3) is 0 Å². The minimum absolute atomic E-state index is 0. The summed E-state index contributed by atoms with van der Waals surface area (Å²) in [5.74, 6) is -0.174. The van der Waals surface area contributed by atoms with Gasteiger partial charge in [0.25, 0.3) is 0 Å². The number of nitrogens with one attached hydrogen (secondary N) is 1. The largest absolute Gasteiger partial charge is 1.00 e. The quantitative estimate of drug-likeness (QED) is 0.264. The van der Waals surface area contributed by atoms with E-state index in [1.807, 2.05) is 6.92 Å². The zero-order valence-electron chi connectivity index (χ0n) is 6.03. The molecule has 0 bridgehead atoms. The standard InChI is InChI=1S/C6H10NO.K/c1-4-7-6(8)5(2)3;/h2-4H2,1H3,(H,7,8);/q-1;+1. The molecule has 0 aromatic heterocycles. The number of likely N-dealkylation sites (N-methyl/N-ethyl adjacent to an activating group) is 1. The molecule has 0 aliphatic rings. The molecule has 0 spiro atoms. The summed E-state index contributed by atoms with van der Waals surface area (Å²) in [5.41, 5.74) is 0.312. The van der Waals surface area contributed by atoms with Crippen molar-refractivity contribution < 1.29 is 56.2 Å². The molecule has 0 aromatic carbocycles. The summed E-state index contributed by atoms with van der Waals surface area (Å²) in [5, 5.41) is 2.54. The van der Waals surface area contributed by atoms with E-state index >= 15 is 0 Å². The van der Waals surface area contributed by atoms with Crippen LogP contribution in [0, 0.1) is 6.92 Å². The van der Waals surface area contributed by atoms with Gasteiger partial charge in [0.05, 0.1) is 0 Å². The Kier molecular flexibility index (Phi) is 9.41. The van der Waals surface area contributed by atoms with Gasteiger partial charge >= 0.3 is 51.4 Å². The van der Waals surface area contributed by atoms with Crippen molar-refractivity contribution in [3.05, 3.63) is 19.1 Å². The van der Waals surface area contributed by atoms with Crippen LogP contribution < -0.4 is 56.7 Å². The van der Waals surface area contributed by atoms with Gasteiger partial charge in [0.2, 0.25) is 0 Å². The van der Waals surface area contributed by atoms with Gasteiger partial charge in [-0.25, -0.2) is 0 Å². The molecule has 0 radical (unpaired) electrons. The smallest absolute Gasteiger partial charge is 0.405 e. The second-order valence-electron chi connectivity index (χ2n) is 1.46. The molecule has 1 amide bonds. The molecule has 0 rings (SSSR count). The van der Waals surface area contributed by atoms with Crippen molar-refractivity contribution in [1.29, 1.82) is 0 Å². The van der Waals surface area contributed by atoms with Crippen LogP contribution in [0.15, 0.2) is 12.2 Å². The van der Waals surface area contributed by atoms with Crippen molar-refractivity contribution in [3.63, 3.8) is 0 Å². The molecule has 46 valence electrons. The van der Waals surface area contributed by atoms with E-state index in [2.05, 4.69) is 18.8 Å². The molecule has 0 unspecified atom stereocenters. The van der Waals surface area contributed by atoms with Gasteiger partial charge in [-0.1, -0.05) is 0 Å². The molecule has 0 fully saturated rings. The Balaban J connectivity index is 0. The van der Waals surface area contributed by atoms with Crippen molar-refractivity contribution in [2.24, 2.45) is 0 Å². The maximum absolute atomic E-state index is 10.5. The van der Waals surface area contributed by atoms with E-state index < -0.39 is 0 Å².